The van der Waals surface area contributed by atoms with E-state index in [1.165, 1.54) is 36.3 Å². The molecule has 164 valence electrons. The standard InChI is InChI=1S/C22H24F2N4O3/c1-22(23,24)16-7-5-14(6-8-16)18(12-31-2)27-21(30)28-11-19(29)26-17-9-15(13-3-4-13)10-25-20(17)28/h5-10,13,18H,3-4,11-12H2,1-2H3,(H,26,29)(H,27,30). The lowest BCUT2D eigenvalue weighted by Crippen LogP contribution is -2.49. The summed E-state index contributed by atoms with van der Waals surface area (Å²) >= 11 is 0. The minimum absolute atomic E-state index is 0.115. The second-order valence-corrected chi connectivity index (χ2v) is 8.02. The number of nitrogens with zero attached hydrogens (tertiary/aromatic N) is 2. The molecule has 0 bridgehead atoms. The molecule has 0 saturated heterocycles. The van der Waals surface area contributed by atoms with Gasteiger partial charge >= 0.3 is 6.03 Å². The molecule has 3 amide bonds. The number of alkyl halides is 2. The number of nitrogens with one attached hydrogen (secondary N) is 2. The van der Waals surface area contributed by atoms with E-state index in [1.54, 1.807) is 6.20 Å². The summed E-state index contributed by atoms with van der Waals surface area (Å²) in [7, 11) is 1.48. The third kappa shape index (κ3) is 4.66. The Hall–Kier alpha value is -3.07. The highest BCUT2D eigenvalue weighted by atomic mass is 19.3. The van der Waals surface area contributed by atoms with Gasteiger partial charge in [-0.05, 0) is 36.0 Å². The number of aromatic nitrogens is 1. The van der Waals surface area contributed by atoms with Crippen LogP contribution in [-0.2, 0) is 15.5 Å². The van der Waals surface area contributed by atoms with Crippen molar-refractivity contribution in [2.24, 2.45) is 0 Å². The number of anilines is 2. The largest absolute Gasteiger partial charge is 0.382 e. The number of pyridine rings is 1. The van der Waals surface area contributed by atoms with Gasteiger partial charge in [0.1, 0.15) is 6.54 Å². The van der Waals surface area contributed by atoms with Crippen LogP contribution in [0.5, 0.6) is 0 Å². The molecular formula is C22H24F2N4O3. The number of benzene rings is 1. The van der Waals surface area contributed by atoms with Gasteiger partial charge in [-0.3, -0.25) is 9.69 Å². The fourth-order valence-electron chi connectivity index (χ4n) is 3.62. The van der Waals surface area contributed by atoms with Crippen molar-refractivity contribution >= 4 is 23.4 Å². The Morgan fingerprint density at radius 2 is 2.06 bits per heavy atom. The molecule has 0 spiro atoms. The summed E-state index contributed by atoms with van der Waals surface area (Å²) in [5.74, 6) is -2.42. The second-order valence-electron chi connectivity index (χ2n) is 8.02. The zero-order chi connectivity index (χ0) is 22.2. The van der Waals surface area contributed by atoms with Crippen LogP contribution in [0, 0.1) is 0 Å². The van der Waals surface area contributed by atoms with Crippen molar-refractivity contribution in [3.63, 3.8) is 0 Å². The molecule has 1 aromatic heterocycles. The minimum Gasteiger partial charge on any atom is -0.382 e. The number of hydrogen-bond acceptors (Lipinski definition) is 4. The Morgan fingerprint density at radius 1 is 1.35 bits per heavy atom. The van der Waals surface area contributed by atoms with Gasteiger partial charge in [-0.1, -0.05) is 24.3 Å². The molecule has 1 aliphatic heterocycles. The van der Waals surface area contributed by atoms with Gasteiger partial charge in [-0.25, -0.2) is 18.6 Å². The zero-order valence-electron chi connectivity index (χ0n) is 17.3. The van der Waals surface area contributed by atoms with Gasteiger partial charge in [-0.15, -0.1) is 0 Å². The number of carbonyl (C=O) groups is 2. The Bertz CT molecular complexity index is 987. The highest BCUT2D eigenvalue weighted by molar-refractivity contribution is 6.08. The van der Waals surface area contributed by atoms with E-state index in [4.69, 9.17) is 4.74 Å². The van der Waals surface area contributed by atoms with E-state index >= 15 is 0 Å². The summed E-state index contributed by atoms with van der Waals surface area (Å²) < 4.78 is 32.2. The molecule has 7 nitrogen and oxygen atoms in total. The fourth-order valence-corrected chi connectivity index (χ4v) is 3.62. The maximum atomic E-state index is 13.5. The fraction of sp³-hybridized carbons (Fsp3) is 0.409. The summed E-state index contributed by atoms with van der Waals surface area (Å²) in [4.78, 5) is 30.9. The average molecular weight is 430 g/mol. The topological polar surface area (TPSA) is 83.6 Å². The third-order valence-electron chi connectivity index (χ3n) is 5.46. The van der Waals surface area contributed by atoms with Gasteiger partial charge < -0.3 is 15.4 Å². The van der Waals surface area contributed by atoms with Crippen molar-refractivity contribution < 1.29 is 23.1 Å². The molecule has 2 N–H and O–H groups in total. The normalized spacial score (nSPS) is 17.0. The van der Waals surface area contributed by atoms with E-state index in [1.807, 2.05) is 6.07 Å². The molecule has 4 rings (SSSR count). The van der Waals surface area contributed by atoms with Crippen LogP contribution in [-0.4, -0.2) is 37.2 Å². The van der Waals surface area contributed by atoms with Gasteiger partial charge in [0.2, 0.25) is 5.91 Å². The number of halogens is 2. The third-order valence-corrected chi connectivity index (χ3v) is 5.46. The van der Waals surface area contributed by atoms with E-state index in [0.717, 1.165) is 25.3 Å². The first-order chi connectivity index (χ1) is 14.8. The predicted molar refractivity (Wildman–Crippen MR) is 111 cm³/mol. The first-order valence-electron chi connectivity index (χ1n) is 10.1. The molecular weight excluding hydrogens is 406 g/mol. The number of urea groups is 1. The maximum absolute atomic E-state index is 13.5. The molecule has 1 aromatic carbocycles. The summed E-state index contributed by atoms with van der Waals surface area (Å²) in [6, 6.07) is 6.49. The summed E-state index contributed by atoms with van der Waals surface area (Å²) in [6.45, 7) is 0.792. The first kappa shape index (κ1) is 21.2. The van der Waals surface area contributed by atoms with Gasteiger partial charge in [0.05, 0.1) is 18.3 Å². The molecule has 31 heavy (non-hydrogen) atoms. The van der Waals surface area contributed by atoms with Crippen LogP contribution >= 0.6 is 0 Å². The molecule has 1 fully saturated rings. The van der Waals surface area contributed by atoms with Crippen molar-refractivity contribution in [3.05, 3.63) is 53.2 Å². The molecule has 1 unspecified atom stereocenters. The number of fused-ring (bicyclic) bond motifs is 1. The number of ether oxygens (including phenoxy) is 1. The Morgan fingerprint density at radius 3 is 2.68 bits per heavy atom. The minimum atomic E-state index is -2.95. The monoisotopic (exact) mass is 430 g/mol. The number of rotatable bonds is 6. The van der Waals surface area contributed by atoms with Crippen molar-refractivity contribution in [3.8, 4) is 0 Å². The SMILES string of the molecule is COCC(NC(=O)N1CC(=O)Nc2cc(C3CC3)cnc21)c1ccc(C(C)(F)F)cc1. The first-order valence-corrected chi connectivity index (χ1v) is 10.1. The smallest absolute Gasteiger partial charge is 0.324 e. The predicted octanol–water partition coefficient (Wildman–Crippen LogP) is 3.93. The Balaban J connectivity index is 1.55. The number of carbonyl (C=O) groups excluding carboxylic acids is 2. The maximum Gasteiger partial charge on any atom is 0.324 e. The molecule has 0 radical (unpaired) electrons. The number of hydrogen-bond donors (Lipinski definition) is 2. The number of methoxy groups -OCH3 is 1. The van der Waals surface area contributed by atoms with E-state index < -0.39 is 18.0 Å². The van der Waals surface area contributed by atoms with Crippen molar-refractivity contribution in [1.82, 2.24) is 10.3 Å². The van der Waals surface area contributed by atoms with Crippen LogP contribution < -0.4 is 15.5 Å². The lowest BCUT2D eigenvalue weighted by atomic mass is 10.0. The molecule has 2 aromatic rings. The van der Waals surface area contributed by atoms with Crippen LogP contribution in [0.1, 0.15) is 48.4 Å². The quantitative estimate of drug-likeness (QED) is 0.728. The van der Waals surface area contributed by atoms with Gasteiger partial charge in [0.15, 0.2) is 5.82 Å². The van der Waals surface area contributed by atoms with Crippen LogP contribution in [0.15, 0.2) is 36.5 Å². The van der Waals surface area contributed by atoms with Gasteiger partial charge in [0.25, 0.3) is 5.92 Å². The van der Waals surface area contributed by atoms with Crippen molar-refractivity contribution in [1.29, 1.82) is 0 Å². The van der Waals surface area contributed by atoms with E-state index in [2.05, 4.69) is 15.6 Å². The molecule has 2 aliphatic rings. The highest BCUT2D eigenvalue weighted by Crippen LogP contribution is 2.42. The lowest BCUT2D eigenvalue weighted by molar-refractivity contribution is -0.115. The number of amides is 3. The zero-order valence-corrected chi connectivity index (χ0v) is 17.3. The van der Waals surface area contributed by atoms with E-state index in [-0.39, 0.29) is 24.6 Å². The van der Waals surface area contributed by atoms with Crippen molar-refractivity contribution in [2.45, 2.75) is 37.6 Å². The van der Waals surface area contributed by atoms with E-state index in [0.29, 0.717) is 23.0 Å². The van der Waals surface area contributed by atoms with E-state index in [9.17, 15) is 18.4 Å². The molecule has 9 heteroatoms. The Kier molecular flexibility index (Phi) is 5.62. The molecule has 2 heterocycles. The van der Waals surface area contributed by atoms with Crippen LogP contribution in [0.25, 0.3) is 0 Å². The summed E-state index contributed by atoms with van der Waals surface area (Å²) in [5, 5.41) is 5.61. The van der Waals surface area contributed by atoms with Gasteiger partial charge in [-0.2, -0.15) is 0 Å². The summed E-state index contributed by atoms with van der Waals surface area (Å²) in [5.41, 5.74) is 2.05. The second kappa shape index (κ2) is 8.22. The lowest BCUT2D eigenvalue weighted by Gasteiger charge is -2.30. The molecule has 1 saturated carbocycles. The molecule has 1 aliphatic carbocycles. The average Bonchev–Trinajstić information content (AvgIpc) is 3.57. The van der Waals surface area contributed by atoms with Crippen LogP contribution in [0.4, 0.5) is 25.1 Å². The van der Waals surface area contributed by atoms with Crippen LogP contribution in [0.2, 0.25) is 0 Å². The molecule has 1 atom stereocenters. The van der Waals surface area contributed by atoms with Crippen LogP contribution in [0.3, 0.4) is 0 Å². The highest BCUT2D eigenvalue weighted by Gasteiger charge is 2.32. The van der Waals surface area contributed by atoms with Crippen molar-refractivity contribution in [2.75, 3.05) is 30.5 Å². The van der Waals surface area contributed by atoms with Gasteiger partial charge in [0, 0.05) is 25.8 Å². The summed E-state index contributed by atoms with van der Waals surface area (Å²) in [6.07, 6.45) is 3.94. The Labute approximate surface area is 178 Å².